The van der Waals surface area contributed by atoms with Gasteiger partial charge in [0.05, 0.1) is 18.8 Å². The van der Waals surface area contributed by atoms with Gasteiger partial charge < -0.3 is 69.0 Å². The van der Waals surface area contributed by atoms with Crippen molar-refractivity contribution in [2.45, 2.75) is 119 Å². The molecule has 7 amide bonds. The van der Waals surface area contributed by atoms with Gasteiger partial charge in [-0.15, -0.1) is 0 Å². The van der Waals surface area contributed by atoms with E-state index in [-0.39, 0.29) is 31.6 Å². The Labute approximate surface area is 399 Å². The lowest BCUT2D eigenvalue weighted by atomic mass is 9.99. The molecule has 67 heavy (non-hydrogen) atoms. The number of carboxylic acid groups (broad SMARTS) is 1. The molecule has 0 bridgehead atoms. The van der Waals surface area contributed by atoms with Gasteiger partial charge in [0.15, 0.2) is 6.04 Å². The fourth-order valence-corrected chi connectivity index (χ4v) is 7.33. The van der Waals surface area contributed by atoms with Crippen LogP contribution in [0.3, 0.4) is 0 Å². The lowest BCUT2D eigenvalue weighted by molar-refractivity contribution is -0.145. The van der Waals surface area contributed by atoms with Crippen molar-refractivity contribution in [3.05, 3.63) is 71.9 Å². The number of rotatable bonds is 27. The quantitative estimate of drug-likeness (QED) is 0.0289. The second kappa shape index (κ2) is 26.6. The van der Waals surface area contributed by atoms with Gasteiger partial charge in [-0.05, 0) is 70.7 Å². The molecule has 23 heteroatoms. The second-order valence-corrected chi connectivity index (χ2v) is 18.1. The highest BCUT2D eigenvalue weighted by atomic mass is 32.1. The Hall–Kier alpha value is -5.72. The zero-order valence-corrected chi connectivity index (χ0v) is 39.6. The monoisotopic (exact) mass is 972 g/mol. The van der Waals surface area contributed by atoms with E-state index < -0.39 is 113 Å². The van der Waals surface area contributed by atoms with Crippen molar-refractivity contribution in [3.8, 4) is 0 Å². The molecule has 0 fully saturated rings. The molecule has 0 aliphatic rings. The van der Waals surface area contributed by atoms with Gasteiger partial charge in [-0.1, -0.05) is 48.5 Å². The second-order valence-electron chi connectivity index (χ2n) is 16.6. The number of carboxylic acids is 1. The molecule has 2 aromatic carbocycles. The smallest absolute Gasteiger partial charge is 0.328 e. The van der Waals surface area contributed by atoms with Crippen LogP contribution in [0.5, 0.6) is 0 Å². The molecule has 3 rings (SSSR count). The molecule has 368 valence electrons. The maximum atomic E-state index is 14.5. The third-order valence-electron chi connectivity index (χ3n) is 10.6. The van der Waals surface area contributed by atoms with Crippen LogP contribution < -0.4 is 48.7 Å². The Morgan fingerprint density at radius 3 is 1.75 bits per heavy atom. The Morgan fingerprint density at radius 2 is 1.18 bits per heavy atom. The van der Waals surface area contributed by atoms with Gasteiger partial charge in [0.2, 0.25) is 41.4 Å². The highest BCUT2D eigenvalue weighted by molar-refractivity contribution is 7.81. The molecule has 9 atom stereocenters. The number of hydrogen-bond acceptors (Lipinski definition) is 14. The number of unbranched alkanes of at least 4 members (excludes halogenated alkanes) is 1. The number of aliphatic hydroxyl groups excluding tert-OH is 2. The summed E-state index contributed by atoms with van der Waals surface area (Å²) in [4.78, 5) is 110. The average molecular weight is 973 g/mol. The summed E-state index contributed by atoms with van der Waals surface area (Å²) in [6, 6.07) is 5.72. The molecule has 3 aromatic rings. The van der Waals surface area contributed by atoms with E-state index in [1.165, 1.54) is 6.92 Å². The molecule has 21 nitrogen and oxygen atoms in total. The normalized spacial score (nSPS) is 15.5. The van der Waals surface area contributed by atoms with E-state index in [0.29, 0.717) is 24.0 Å². The molecule has 0 saturated heterocycles. The minimum Gasteiger partial charge on any atom is -0.480 e. The number of nitrogens with two attached hydrogens (primary N) is 2. The van der Waals surface area contributed by atoms with Crippen molar-refractivity contribution >= 4 is 83.5 Å². The summed E-state index contributed by atoms with van der Waals surface area (Å²) in [6.45, 7) is 5.35. The van der Waals surface area contributed by atoms with E-state index >= 15 is 0 Å². The summed E-state index contributed by atoms with van der Waals surface area (Å²) >= 11 is 8.59. The number of aromatic nitrogens is 1. The number of hydrogen-bond donors (Lipinski definition) is 15. The van der Waals surface area contributed by atoms with Crippen LogP contribution in [-0.2, 0) is 51.2 Å². The van der Waals surface area contributed by atoms with Crippen LogP contribution >= 0.6 is 25.3 Å². The maximum absolute atomic E-state index is 14.5. The van der Waals surface area contributed by atoms with Gasteiger partial charge in [0.25, 0.3) is 0 Å². The minimum absolute atomic E-state index is 0.0175. The number of aromatic amines is 1. The van der Waals surface area contributed by atoms with Crippen LogP contribution in [0.1, 0.15) is 58.1 Å². The minimum atomic E-state index is -1.72. The first-order chi connectivity index (χ1) is 31.6. The number of carbonyl (C=O) groups excluding carboxylic acids is 7. The predicted molar refractivity (Wildman–Crippen MR) is 256 cm³/mol. The van der Waals surface area contributed by atoms with Gasteiger partial charge >= 0.3 is 5.97 Å². The zero-order chi connectivity index (χ0) is 50.0. The topological polar surface area (TPSA) is 349 Å². The van der Waals surface area contributed by atoms with Crippen molar-refractivity contribution in [3.63, 3.8) is 0 Å². The van der Waals surface area contributed by atoms with E-state index in [1.807, 2.05) is 18.2 Å². The van der Waals surface area contributed by atoms with Crippen LogP contribution in [0.4, 0.5) is 0 Å². The predicted octanol–water partition coefficient (Wildman–Crippen LogP) is -2.08. The van der Waals surface area contributed by atoms with Crippen molar-refractivity contribution in [2.75, 3.05) is 18.8 Å². The van der Waals surface area contributed by atoms with Crippen molar-refractivity contribution < 1.29 is 53.7 Å². The molecular formula is C44H64N10O11S2. The fourth-order valence-electron chi connectivity index (χ4n) is 6.89. The van der Waals surface area contributed by atoms with Crippen LogP contribution in [0.15, 0.2) is 60.8 Å². The van der Waals surface area contributed by atoms with E-state index in [2.05, 4.69) is 67.5 Å². The fraction of sp³-hybridized carbons (Fsp3) is 0.500. The highest BCUT2D eigenvalue weighted by Gasteiger charge is 2.38. The van der Waals surface area contributed by atoms with E-state index in [9.17, 15) is 53.7 Å². The number of benzene rings is 2. The number of aliphatic hydroxyl groups is 2. The molecule has 0 radical (unpaired) electrons. The number of carbonyl (C=O) groups is 8. The van der Waals surface area contributed by atoms with Crippen LogP contribution in [0, 0.1) is 0 Å². The molecule has 15 N–H and O–H groups in total. The largest absolute Gasteiger partial charge is 0.480 e. The van der Waals surface area contributed by atoms with E-state index in [1.54, 1.807) is 56.4 Å². The standard InChI is InChI=1S/C44H64N10O11S2/c1-23(55)34(41(62)51-32(22-66)40(61)54-35(24(2)56)43(64)65)53-37(58)29(16-10-11-17-45)48-39(60)31(19-26-21-47-28-15-9-8-14-27(26)28)49-38(59)30(18-25-12-6-5-7-13-25)50-42(63)36(44(3,4)67)52-33(57)20-46/h5-9,12-15,21,23-24,29-32,34-36,47,55-56,66-67H,10-11,16-20,22,45-46H2,1-4H3,(H,48,60)(H,49,59)(H,50,63)(H,51,62)(H,52,57)(H,53,58)(H,54,61)(H,64,65)/t23-,24-,29+,30+,31-,32+,34+,35+,36-/m1/s1. The summed E-state index contributed by atoms with van der Waals surface area (Å²) in [5.41, 5.74) is 13.3. The number of para-hydroxylation sites is 1. The number of aliphatic carboxylic acids is 1. The molecule has 1 aromatic heterocycles. The molecule has 0 aliphatic carbocycles. The first-order valence-corrected chi connectivity index (χ1v) is 22.7. The van der Waals surface area contributed by atoms with Crippen molar-refractivity contribution in [1.82, 2.24) is 42.2 Å². The van der Waals surface area contributed by atoms with Gasteiger partial charge in [0, 0.05) is 40.4 Å². The Balaban J connectivity index is 1.98. The number of fused-ring (bicyclic) bond motifs is 1. The lowest BCUT2D eigenvalue weighted by Gasteiger charge is -2.31. The van der Waals surface area contributed by atoms with Crippen molar-refractivity contribution in [1.29, 1.82) is 0 Å². The zero-order valence-electron chi connectivity index (χ0n) is 37.8. The van der Waals surface area contributed by atoms with Crippen molar-refractivity contribution in [2.24, 2.45) is 11.5 Å². The summed E-state index contributed by atoms with van der Waals surface area (Å²) in [5, 5.41) is 48.2. The Bertz CT molecular complexity index is 2170. The van der Waals surface area contributed by atoms with E-state index in [0.717, 1.165) is 17.8 Å². The van der Waals surface area contributed by atoms with E-state index in [4.69, 9.17) is 11.5 Å². The van der Waals surface area contributed by atoms with Gasteiger partial charge in [-0.3, -0.25) is 33.6 Å². The lowest BCUT2D eigenvalue weighted by Crippen LogP contribution is -2.63. The maximum Gasteiger partial charge on any atom is 0.328 e. The number of amides is 7. The third kappa shape index (κ3) is 17.1. The van der Waals surface area contributed by atoms with Gasteiger partial charge in [-0.2, -0.15) is 25.3 Å². The van der Waals surface area contributed by atoms with Crippen LogP contribution in [0.2, 0.25) is 0 Å². The number of thiol groups is 2. The summed E-state index contributed by atoms with van der Waals surface area (Å²) in [6.07, 6.45) is -0.849. The third-order valence-corrected chi connectivity index (χ3v) is 11.2. The molecule has 0 spiro atoms. The summed E-state index contributed by atoms with van der Waals surface area (Å²) in [5.74, 6) is -7.91. The van der Waals surface area contributed by atoms with Gasteiger partial charge in [0.1, 0.15) is 36.3 Å². The summed E-state index contributed by atoms with van der Waals surface area (Å²) < 4.78 is -1.12. The molecule has 0 saturated carbocycles. The van der Waals surface area contributed by atoms with Crippen LogP contribution in [0.25, 0.3) is 10.9 Å². The first kappa shape index (κ1) is 55.6. The Morgan fingerprint density at radius 1 is 0.657 bits per heavy atom. The number of nitrogens with one attached hydrogen (secondary N) is 8. The molecule has 1 heterocycles. The molecule has 0 unspecified atom stereocenters. The highest BCUT2D eigenvalue weighted by Crippen LogP contribution is 2.21. The SMILES string of the molecule is C[C@@H](O)[C@H](NC(=O)[C@H](CS)NC(=O)[C@@H](NC(=O)[C@H](CCCCN)NC(=O)[C@@H](Cc1c[nH]c2ccccc12)NC(=O)[C@H](Cc1ccccc1)NC(=O)[C@@H](NC(=O)CN)C(C)(C)S)[C@@H](C)O)C(=O)O. The van der Waals surface area contributed by atoms with Gasteiger partial charge in [-0.25, -0.2) is 4.79 Å². The number of H-pyrrole nitrogens is 1. The average Bonchev–Trinajstić information content (AvgIpc) is 3.69. The molecule has 0 aliphatic heterocycles. The first-order valence-electron chi connectivity index (χ1n) is 21.6. The summed E-state index contributed by atoms with van der Waals surface area (Å²) in [7, 11) is 0. The van der Waals surface area contributed by atoms with Crippen LogP contribution in [-0.4, -0.2) is 146 Å². The Kier molecular flexibility index (Phi) is 22.1. The molecular weight excluding hydrogens is 909 g/mol.